The van der Waals surface area contributed by atoms with Gasteiger partial charge in [0.05, 0.1) is 6.07 Å². The van der Waals surface area contributed by atoms with E-state index in [9.17, 15) is 9.59 Å². The van der Waals surface area contributed by atoms with Gasteiger partial charge in [0.2, 0.25) is 0 Å². The molecule has 1 atom stereocenters. The highest BCUT2D eigenvalue weighted by Crippen LogP contribution is 2.20. The number of Topliss-reactive ketones (excluding diaryl/α,β-unsaturated/α-hetero) is 1. The zero-order valence-electron chi connectivity index (χ0n) is 12.4. The molecule has 0 aliphatic carbocycles. The molecule has 0 amide bonds. The van der Waals surface area contributed by atoms with Gasteiger partial charge in [0.15, 0.2) is 18.3 Å². The quantitative estimate of drug-likeness (QED) is 0.602. The highest BCUT2D eigenvalue weighted by atomic mass is 32.1. The Morgan fingerprint density at radius 3 is 2.74 bits per heavy atom. The van der Waals surface area contributed by atoms with Gasteiger partial charge < -0.3 is 4.74 Å². The first-order valence-corrected chi connectivity index (χ1v) is 7.72. The lowest BCUT2D eigenvalue weighted by Crippen LogP contribution is -2.19. The fraction of sp³-hybridized carbons (Fsp3) is 0.176. The van der Waals surface area contributed by atoms with Crippen molar-refractivity contribution in [1.29, 1.82) is 5.26 Å². The third kappa shape index (κ3) is 4.87. The van der Waals surface area contributed by atoms with Crippen LogP contribution in [0.15, 0.2) is 41.8 Å². The van der Waals surface area contributed by atoms with Crippen molar-refractivity contribution in [2.75, 3.05) is 6.61 Å². The molecule has 1 heterocycles. The van der Waals surface area contributed by atoms with Crippen molar-refractivity contribution in [2.24, 2.45) is 0 Å². The molecule has 0 unspecified atom stereocenters. The summed E-state index contributed by atoms with van der Waals surface area (Å²) >= 11 is 1.24. The number of nitriles is 1. The van der Waals surface area contributed by atoms with Gasteiger partial charge in [-0.15, -0.1) is 11.3 Å². The first kappa shape index (κ1) is 16.6. The summed E-state index contributed by atoms with van der Waals surface area (Å²) in [5, 5.41) is 11.3. The molecule has 0 radical (unpaired) electrons. The van der Waals surface area contributed by atoms with E-state index in [1.54, 1.807) is 18.4 Å². The molecule has 6 heteroatoms. The fourth-order valence-electron chi connectivity index (χ4n) is 1.77. The Bertz CT molecular complexity index is 760. The number of esters is 1. The molecule has 0 saturated heterocycles. The zero-order chi connectivity index (χ0) is 16.7. The summed E-state index contributed by atoms with van der Waals surface area (Å²) in [6.07, 6.45) is 2.84. The predicted octanol–water partition coefficient (Wildman–Crippen LogP) is 2.88. The standard InChI is InChI=1S/C17H14N2O3S/c1-12-11-23-17(19-12)14(9-18)15(20)10-22-16(21)8-7-13-5-3-2-4-6-13/h2-8,11,14H,10H2,1H3/b8-7+/t14-/m1/s1. The number of ether oxygens (including phenoxy) is 1. The first-order valence-electron chi connectivity index (χ1n) is 6.84. The molecular weight excluding hydrogens is 312 g/mol. The molecule has 2 rings (SSSR count). The SMILES string of the molecule is Cc1csc([C@H](C#N)C(=O)COC(=O)/C=C/c2ccccc2)n1. The monoisotopic (exact) mass is 326 g/mol. The van der Waals surface area contributed by atoms with Gasteiger partial charge in [0.25, 0.3) is 0 Å². The second-order valence-corrected chi connectivity index (χ2v) is 5.60. The van der Waals surface area contributed by atoms with E-state index >= 15 is 0 Å². The number of benzene rings is 1. The van der Waals surface area contributed by atoms with Crippen molar-refractivity contribution in [3.05, 3.63) is 58.1 Å². The minimum absolute atomic E-state index is 0.422. The maximum absolute atomic E-state index is 12.0. The summed E-state index contributed by atoms with van der Waals surface area (Å²) in [7, 11) is 0. The number of hydrogen-bond acceptors (Lipinski definition) is 6. The van der Waals surface area contributed by atoms with Gasteiger partial charge in [-0.25, -0.2) is 9.78 Å². The summed E-state index contributed by atoms with van der Waals surface area (Å²) in [4.78, 5) is 27.7. The molecule has 0 aliphatic heterocycles. The molecule has 23 heavy (non-hydrogen) atoms. The molecule has 5 nitrogen and oxygen atoms in total. The number of carbonyl (C=O) groups is 2. The number of rotatable bonds is 6. The first-order chi connectivity index (χ1) is 11.1. The van der Waals surface area contributed by atoms with Crippen molar-refractivity contribution in [1.82, 2.24) is 4.98 Å². The molecule has 0 aliphatic rings. The Morgan fingerprint density at radius 1 is 1.39 bits per heavy atom. The van der Waals surface area contributed by atoms with Gasteiger partial charge in [-0.1, -0.05) is 30.3 Å². The number of hydrogen-bond donors (Lipinski definition) is 0. The fourth-order valence-corrected chi connectivity index (χ4v) is 2.63. The van der Waals surface area contributed by atoms with E-state index < -0.39 is 24.3 Å². The number of carbonyl (C=O) groups excluding carboxylic acids is 2. The number of thiazole rings is 1. The Hall–Kier alpha value is -2.78. The van der Waals surface area contributed by atoms with Crippen LogP contribution < -0.4 is 0 Å². The van der Waals surface area contributed by atoms with Gasteiger partial charge in [0.1, 0.15) is 5.01 Å². The van der Waals surface area contributed by atoms with Crippen LogP contribution in [-0.4, -0.2) is 23.3 Å². The third-order valence-corrected chi connectivity index (χ3v) is 3.93. The van der Waals surface area contributed by atoms with E-state index in [4.69, 9.17) is 10.00 Å². The average molecular weight is 326 g/mol. The third-order valence-electron chi connectivity index (χ3n) is 2.90. The molecule has 116 valence electrons. The lowest BCUT2D eigenvalue weighted by Gasteiger charge is -2.05. The molecule has 2 aromatic rings. The van der Waals surface area contributed by atoms with Gasteiger partial charge in [-0.05, 0) is 18.6 Å². The molecule has 1 aromatic carbocycles. The second kappa shape index (κ2) is 8.01. The molecular formula is C17H14N2O3S. The topological polar surface area (TPSA) is 80.0 Å². The smallest absolute Gasteiger partial charge is 0.331 e. The molecule has 1 aromatic heterocycles. The summed E-state index contributed by atoms with van der Waals surface area (Å²) in [6, 6.07) is 11.1. The van der Waals surface area contributed by atoms with Crippen LogP contribution in [0.4, 0.5) is 0 Å². The molecule has 0 spiro atoms. The van der Waals surface area contributed by atoms with Crippen LogP contribution in [0.3, 0.4) is 0 Å². The van der Waals surface area contributed by atoms with Crippen LogP contribution in [0.5, 0.6) is 0 Å². The number of aromatic nitrogens is 1. The van der Waals surface area contributed by atoms with Crippen LogP contribution >= 0.6 is 11.3 Å². The normalized spacial score (nSPS) is 11.8. The van der Waals surface area contributed by atoms with Gasteiger partial charge >= 0.3 is 5.97 Å². The summed E-state index contributed by atoms with van der Waals surface area (Å²) < 4.78 is 4.89. The summed E-state index contributed by atoms with van der Waals surface area (Å²) in [5.74, 6) is -2.11. The molecule has 0 N–H and O–H groups in total. The van der Waals surface area contributed by atoms with E-state index in [-0.39, 0.29) is 0 Å². The van der Waals surface area contributed by atoms with Crippen molar-refractivity contribution < 1.29 is 14.3 Å². The van der Waals surface area contributed by atoms with Crippen molar-refractivity contribution in [3.8, 4) is 6.07 Å². The van der Waals surface area contributed by atoms with Crippen LogP contribution in [0.2, 0.25) is 0 Å². The van der Waals surface area contributed by atoms with Crippen molar-refractivity contribution >= 4 is 29.2 Å². The largest absolute Gasteiger partial charge is 0.454 e. The number of aryl methyl sites for hydroxylation is 1. The highest BCUT2D eigenvalue weighted by molar-refractivity contribution is 7.09. The van der Waals surface area contributed by atoms with Crippen molar-refractivity contribution in [2.45, 2.75) is 12.8 Å². The van der Waals surface area contributed by atoms with Gasteiger partial charge in [-0.3, -0.25) is 4.79 Å². The Kier molecular flexibility index (Phi) is 5.78. The van der Waals surface area contributed by atoms with E-state index in [1.807, 2.05) is 36.4 Å². The van der Waals surface area contributed by atoms with Crippen LogP contribution in [0, 0.1) is 18.3 Å². The maximum Gasteiger partial charge on any atom is 0.331 e. The number of nitrogens with zero attached hydrogens (tertiary/aromatic N) is 2. The Labute approximate surface area is 137 Å². The van der Waals surface area contributed by atoms with Crippen LogP contribution in [-0.2, 0) is 14.3 Å². The zero-order valence-corrected chi connectivity index (χ0v) is 13.2. The van der Waals surface area contributed by atoms with E-state index in [2.05, 4.69) is 4.98 Å². The van der Waals surface area contributed by atoms with E-state index in [1.165, 1.54) is 17.4 Å². The lowest BCUT2D eigenvalue weighted by atomic mass is 10.1. The summed E-state index contributed by atoms with van der Waals surface area (Å²) in [5.41, 5.74) is 1.60. The minimum atomic E-state index is -1.00. The number of ketones is 1. The van der Waals surface area contributed by atoms with E-state index in [0.29, 0.717) is 5.01 Å². The molecule has 0 saturated carbocycles. The van der Waals surface area contributed by atoms with E-state index in [0.717, 1.165) is 11.3 Å². The van der Waals surface area contributed by atoms with Crippen molar-refractivity contribution in [3.63, 3.8) is 0 Å². The molecule has 0 bridgehead atoms. The van der Waals surface area contributed by atoms with Crippen LogP contribution in [0.25, 0.3) is 6.08 Å². The minimum Gasteiger partial charge on any atom is -0.454 e. The Morgan fingerprint density at radius 2 is 2.13 bits per heavy atom. The highest BCUT2D eigenvalue weighted by Gasteiger charge is 2.24. The predicted molar refractivity (Wildman–Crippen MR) is 86.6 cm³/mol. The molecule has 0 fully saturated rings. The lowest BCUT2D eigenvalue weighted by molar-refractivity contribution is -0.143. The van der Waals surface area contributed by atoms with Gasteiger partial charge in [0, 0.05) is 17.2 Å². The Balaban J connectivity index is 1.89. The van der Waals surface area contributed by atoms with Gasteiger partial charge in [-0.2, -0.15) is 5.26 Å². The average Bonchev–Trinajstić information content (AvgIpc) is 2.98. The summed E-state index contributed by atoms with van der Waals surface area (Å²) in [6.45, 7) is 1.34. The van der Waals surface area contributed by atoms with Crippen LogP contribution in [0.1, 0.15) is 22.2 Å². The maximum atomic E-state index is 12.0. The second-order valence-electron chi connectivity index (χ2n) is 4.71.